The van der Waals surface area contributed by atoms with Crippen molar-refractivity contribution in [3.8, 4) is 0 Å². The van der Waals surface area contributed by atoms with Crippen LogP contribution in [0.2, 0.25) is 78.5 Å². The summed E-state index contributed by atoms with van der Waals surface area (Å²) in [5.41, 5.74) is 0. The summed E-state index contributed by atoms with van der Waals surface area (Å²) in [6.45, 7) is 15.7. The fourth-order valence-corrected chi connectivity index (χ4v) is 31.8. The number of hydrogen-bond donors (Lipinski definition) is 0. The topological polar surface area (TPSA) is 55.4 Å². The average molecular weight is 449 g/mol. The highest BCUT2D eigenvalue weighted by atomic mass is 28.5. The van der Waals surface area contributed by atoms with Gasteiger partial charge in [-0.2, -0.15) is 0 Å². The van der Waals surface area contributed by atoms with Crippen LogP contribution in [0.1, 0.15) is 5.48 Å². The first-order chi connectivity index (χ1) is 12.1. The van der Waals surface area contributed by atoms with E-state index in [-0.39, 0.29) is 0 Å². The van der Waals surface area contributed by atoms with Crippen molar-refractivity contribution in [1.82, 2.24) is 0 Å². The van der Waals surface area contributed by atoms with Gasteiger partial charge in [0.2, 0.25) is 0 Å². The molecule has 1 aliphatic heterocycles. The molecule has 0 aromatic rings. The summed E-state index contributed by atoms with van der Waals surface area (Å²) >= 11 is 0. The minimum Gasteiger partial charge on any atom is -0.416 e. The second kappa shape index (κ2) is 6.90. The molecule has 144 valence electrons. The predicted molar refractivity (Wildman–Crippen MR) is 111 cm³/mol. The largest absolute Gasteiger partial charge is 0.416 e. The molecule has 12 heteroatoms. The van der Waals surface area contributed by atoms with Crippen molar-refractivity contribution in [2.45, 2.75) is 78.5 Å². The minimum absolute atomic E-state index is 0.463. The van der Waals surface area contributed by atoms with Crippen molar-refractivity contribution in [3.63, 3.8) is 0 Å². The first-order valence-electron chi connectivity index (χ1n) is 10.3. The van der Waals surface area contributed by atoms with E-state index in [0.717, 1.165) is 0 Å². The third kappa shape index (κ3) is 8.17. The molecule has 1 saturated heterocycles. The van der Waals surface area contributed by atoms with E-state index in [1.165, 1.54) is 0 Å². The highest BCUT2D eigenvalue weighted by molar-refractivity contribution is 6.93. The summed E-state index contributed by atoms with van der Waals surface area (Å²) in [5, 5.41) is 0. The maximum absolute atomic E-state index is 8.11. The van der Waals surface area contributed by atoms with Gasteiger partial charge in [0.1, 0.15) is 0 Å². The fraction of sp³-hybridized carbons (Fsp3) is 1.00. The summed E-state index contributed by atoms with van der Waals surface area (Å²) in [6.07, 6.45) is 0. The Hall–Kier alpha value is 1.06. The Kier molecular flexibility index (Phi) is 4.94. The molecule has 0 amide bonds. The van der Waals surface area contributed by atoms with Crippen LogP contribution in [0.3, 0.4) is 0 Å². The lowest BCUT2D eigenvalue weighted by molar-refractivity contribution is 0.240. The van der Waals surface area contributed by atoms with E-state index in [1.807, 2.05) is 39.3 Å². The maximum Gasteiger partial charge on any atom is 0.314 e. The van der Waals surface area contributed by atoms with Crippen LogP contribution in [0.15, 0.2) is 0 Å². The zero-order valence-corrected chi connectivity index (χ0v) is 22.7. The molecule has 0 radical (unpaired) electrons. The zero-order chi connectivity index (χ0) is 22.4. The Balaban J connectivity index is 3.53. The quantitative estimate of drug-likeness (QED) is 0.515. The van der Waals surface area contributed by atoms with Gasteiger partial charge in [0.25, 0.3) is 0 Å². The zero-order valence-electron chi connectivity index (χ0n) is 20.7. The molecule has 6 nitrogen and oxygen atoms in total. The lowest BCUT2D eigenvalue weighted by Gasteiger charge is -2.46. The van der Waals surface area contributed by atoms with E-state index in [0.29, 0.717) is 0 Å². The normalized spacial score (nSPS) is 34.4. The summed E-state index contributed by atoms with van der Waals surface area (Å²) in [5.74, 6) is 0. The minimum atomic E-state index is -3.98. The van der Waals surface area contributed by atoms with E-state index < -0.39 is 64.4 Å². The second-order valence-electron chi connectivity index (χ2n) is 8.36. The molecule has 1 fully saturated rings. The Morgan fingerprint density at radius 2 is 0.625 bits per heavy atom. The van der Waals surface area contributed by atoms with E-state index in [1.54, 1.807) is 26.2 Å². The molecule has 0 aromatic carbocycles. The molecule has 0 spiro atoms. The molecule has 0 atom stereocenters. The number of rotatable bonds is 0. The van der Waals surface area contributed by atoms with Crippen molar-refractivity contribution < 1.29 is 30.2 Å². The van der Waals surface area contributed by atoms with Crippen LogP contribution in [-0.2, 0) is 24.7 Å². The van der Waals surface area contributed by atoms with Crippen LogP contribution >= 0.6 is 0 Å². The average Bonchev–Trinajstić information content (AvgIpc) is 2.27. The second-order valence-corrected chi connectivity index (χ2v) is 28.8. The van der Waals surface area contributed by atoms with Gasteiger partial charge in [-0.3, -0.25) is 0 Å². The maximum atomic E-state index is 8.11. The van der Waals surface area contributed by atoms with Crippen LogP contribution in [0.25, 0.3) is 0 Å². The summed E-state index contributed by atoms with van der Waals surface area (Å²) in [4.78, 5) is 0. The van der Waals surface area contributed by atoms with Gasteiger partial charge in [-0.15, -0.1) is 0 Å². The molecule has 0 aliphatic carbocycles. The molecule has 1 aliphatic rings. The Labute approximate surface area is 160 Å². The molecule has 0 aromatic heterocycles. The molecule has 0 bridgehead atoms. The molecule has 24 heavy (non-hydrogen) atoms. The predicted octanol–water partition coefficient (Wildman–Crippen LogP) is 4.31. The first kappa shape index (κ1) is 17.2. The number of hydrogen-bond acceptors (Lipinski definition) is 6. The van der Waals surface area contributed by atoms with Crippen LogP contribution in [0.5, 0.6) is 0 Å². The van der Waals surface area contributed by atoms with Gasteiger partial charge >= 0.3 is 51.4 Å². The van der Waals surface area contributed by atoms with Crippen molar-refractivity contribution >= 4 is 51.4 Å². The van der Waals surface area contributed by atoms with Crippen LogP contribution < -0.4 is 0 Å². The van der Waals surface area contributed by atoms with Gasteiger partial charge in [-0.25, -0.2) is 0 Å². The Morgan fingerprint density at radius 3 is 0.792 bits per heavy atom. The molecule has 0 unspecified atom stereocenters. The smallest absolute Gasteiger partial charge is 0.314 e. The molecule has 1 heterocycles. The van der Waals surface area contributed by atoms with E-state index in [4.69, 9.17) is 30.2 Å². The van der Waals surface area contributed by atoms with Gasteiger partial charge in [-0.1, -0.05) is 0 Å². The van der Waals surface area contributed by atoms with Crippen molar-refractivity contribution in [3.05, 3.63) is 0 Å². The fourth-order valence-electron chi connectivity index (χ4n) is 3.29. The molecule has 1 rings (SSSR count). The third-order valence-electron chi connectivity index (χ3n) is 2.79. The highest BCUT2D eigenvalue weighted by Gasteiger charge is 2.51. The van der Waals surface area contributed by atoms with E-state index in [2.05, 4.69) is 0 Å². The van der Waals surface area contributed by atoms with Gasteiger partial charge in [0, 0.05) is 5.48 Å². The van der Waals surface area contributed by atoms with E-state index in [9.17, 15) is 0 Å². The molecular formula is C12H36O6Si6. The van der Waals surface area contributed by atoms with Gasteiger partial charge in [-0.05, 0) is 78.5 Å². The van der Waals surface area contributed by atoms with Crippen LogP contribution in [0, 0.1) is 0 Å². The monoisotopic (exact) mass is 448 g/mol. The lowest BCUT2D eigenvalue weighted by atomic mass is 11.9. The first-order valence-corrected chi connectivity index (χ1v) is 24.2. The molecular weight excluding hydrogens is 409 g/mol. The standard InChI is InChI=1S/C12H36O6Si6/c1-19(2)13-20(3,4)15-22(7,8)17-24(11,12)18-23(9,10)16-21(5,6)14-19/h1-12H3/i1D,2D3. The van der Waals surface area contributed by atoms with Crippen LogP contribution in [0.4, 0.5) is 0 Å². The van der Waals surface area contributed by atoms with Crippen molar-refractivity contribution in [2.24, 2.45) is 0 Å². The summed E-state index contributed by atoms with van der Waals surface area (Å²) < 4.78 is 70.2. The van der Waals surface area contributed by atoms with Gasteiger partial charge in [0.05, 0.1) is 0 Å². The highest BCUT2D eigenvalue weighted by Crippen LogP contribution is 2.30. The SMILES string of the molecule is [2H]C[Si]1(C([2H])([2H])[2H])O[Si](C)(C)O[Si](C)(C)O[Si](C)(C)O[Si](C)(C)O[Si](C)(C)O1. The molecule has 0 saturated carbocycles. The van der Waals surface area contributed by atoms with Gasteiger partial charge in [0.15, 0.2) is 0 Å². The summed E-state index contributed by atoms with van der Waals surface area (Å²) in [6, 6.07) is 0. The lowest BCUT2D eigenvalue weighted by Crippen LogP contribution is -2.64. The third-order valence-corrected chi connectivity index (χ3v) is 25.1. The van der Waals surface area contributed by atoms with Crippen LogP contribution in [-0.4, -0.2) is 51.4 Å². The molecule has 0 N–H and O–H groups in total. The Bertz CT molecular complexity index is 535. The van der Waals surface area contributed by atoms with E-state index >= 15 is 0 Å². The summed E-state index contributed by atoms with van der Waals surface area (Å²) in [7, 11) is -17.9. The van der Waals surface area contributed by atoms with Crippen molar-refractivity contribution in [1.29, 1.82) is 0 Å². The Morgan fingerprint density at radius 1 is 0.417 bits per heavy atom. The van der Waals surface area contributed by atoms with Crippen molar-refractivity contribution in [2.75, 3.05) is 0 Å². The van der Waals surface area contributed by atoms with Gasteiger partial charge < -0.3 is 24.7 Å².